The molecule has 1 heterocycles. The molecule has 1 aliphatic heterocycles. The molecular formula is C17H16O3. The maximum atomic E-state index is 11.6. The third-order valence-electron chi connectivity index (χ3n) is 3.75. The standard InChI is InChI=1S/C17H16O3/c1-17(11-15(18)7-8-20-17)14-5-3-13-10-16(19-2)6-4-12(13)9-14/h3-10H,11H2,1-2H3. The lowest BCUT2D eigenvalue weighted by molar-refractivity contribution is -0.122. The topological polar surface area (TPSA) is 35.5 Å². The zero-order chi connectivity index (χ0) is 14.2. The summed E-state index contributed by atoms with van der Waals surface area (Å²) in [6.45, 7) is 1.94. The van der Waals surface area contributed by atoms with Crippen molar-refractivity contribution >= 4 is 16.6 Å². The molecule has 0 saturated carbocycles. The molecule has 3 nitrogen and oxygen atoms in total. The summed E-state index contributed by atoms with van der Waals surface area (Å²) < 4.78 is 10.9. The van der Waals surface area contributed by atoms with Gasteiger partial charge in [0, 0.05) is 6.08 Å². The van der Waals surface area contributed by atoms with Crippen molar-refractivity contribution in [2.24, 2.45) is 0 Å². The van der Waals surface area contributed by atoms with E-state index in [1.54, 1.807) is 7.11 Å². The molecule has 3 heteroatoms. The van der Waals surface area contributed by atoms with E-state index >= 15 is 0 Å². The van der Waals surface area contributed by atoms with Gasteiger partial charge in [0.2, 0.25) is 0 Å². The number of carbonyl (C=O) groups is 1. The molecule has 0 spiro atoms. The highest BCUT2D eigenvalue weighted by Crippen LogP contribution is 2.34. The van der Waals surface area contributed by atoms with Gasteiger partial charge < -0.3 is 9.47 Å². The van der Waals surface area contributed by atoms with Crippen molar-refractivity contribution in [1.29, 1.82) is 0 Å². The van der Waals surface area contributed by atoms with Crippen molar-refractivity contribution < 1.29 is 14.3 Å². The second kappa shape index (κ2) is 4.67. The molecular weight excluding hydrogens is 252 g/mol. The first-order valence-electron chi connectivity index (χ1n) is 6.56. The highest BCUT2D eigenvalue weighted by Gasteiger charge is 2.32. The third-order valence-corrected chi connectivity index (χ3v) is 3.75. The van der Waals surface area contributed by atoms with Crippen molar-refractivity contribution in [2.45, 2.75) is 18.9 Å². The largest absolute Gasteiger partial charge is 0.497 e. The first-order chi connectivity index (χ1) is 9.60. The minimum Gasteiger partial charge on any atom is -0.497 e. The normalized spacial score (nSPS) is 21.8. The maximum absolute atomic E-state index is 11.6. The number of hydrogen-bond acceptors (Lipinski definition) is 3. The number of fused-ring (bicyclic) bond motifs is 1. The van der Waals surface area contributed by atoms with Gasteiger partial charge in [-0.1, -0.05) is 18.2 Å². The Morgan fingerprint density at radius 2 is 1.90 bits per heavy atom. The van der Waals surface area contributed by atoms with Crippen LogP contribution in [0.3, 0.4) is 0 Å². The van der Waals surface area contributed by atoms with Crippen LogP contribution in [0, 0.1) is 0 Å². The van der Waals surface area contributed by atoms with Crippen LogP contribution in [-0.4, -0.2) is 12.9 Å². The molecule has 0 amide bonds. The van der Waals surface area contributed by atoms with Gasteiger partial charge in [0.15, 0.2) is 5.78 Å². The average molecular weight is 268 g/mol. The van der Waals surface area contributed by atoms with E-state index in [9.17, 15) is 4.79 Å². The molecule has 0 fully saturated rings. The zero-order valence-corrected chi connectivity index (χ0v) is 11.6. The molecule has 2 aromatic rings. The number of benzene rings is 2. The fourth-order valence-electron chi connectivity index (χ4n) is 2.54. The zero-order valence-electron chi connectivity index (χ0n) is 11.6. The van der Waals surface area contributed by atoms with Gasteiger partial charge in [-0.15, -0.1) is 0 Å². The van der Waals surface area contributed by atoms with Crippen LogP contribution in [-0.2, 0) is 15.1 Å². The minimum absolute atomic E-state index is 0.0913. The average Bonchev–Trinajstić information content (AvgIpc) is 2.46. The monoisotopic (exact) mass is 268 g/mol. The Kier molecular flexibility index (Phi) is 2.97. The summed E-state index contributed by atoms with van der Waals surface area (Å²) in [7, 11) is 1.66. The first-order valence-corrected chi connectivity index (χ1v) is 6.56. The van der Waals surface area contributed by atoms with Gasteiger partial charge >= 0.3 is 0 Å². The van der Waals surface area contributed by atoms with E-state index in [4.69, 9.17) is 9.47 Å². The summed E-state index contributed by atoms with van der Waals surface area (Å²) in [4.78, 5) is 11.6. The predicted octanol–water partition coefficient (Wildman–Crippen LogP) is 3.57. The molecule has 0 N–H and O–H groups in total. The van der Waals surface area contributed by atoms with Gasteiger partial charge in [-0.3, -0.25) is 4.79 Å². The molecule has 0 radical (unpaired) electrons. The molecule has 0 bridgehead atoms. The summed E-state index contributed by atoms with van der Waals surface area (Å²) in [5.74, 6) is 0.928. The van der Waals surface area contributed by atoms with E-state index in [0.29, 0.717) is 6.42 Å². The number of ketones is 1. The summed E-state index contributed by atoms with van der Waals surface area (Å²) in [5.41, 5.74) is 0.424. The molecule has 102 valence electrons. The summed E-state index contributed by atoms with van der Waals surface area (Å²) in [6.07, 6.45) is 3.34. The highest BCUT2D eigenvalue weighted by molar-refractivity contribution is 5.91. The van der Waals surface area contributed by atoms with E-state index in [-0.39, 0.29) is 5.78 Å². The molecule has 2 aromatic carbocycles. The Balaban J connectivity index is 2.05. The van der Waals surface area contributed by atoms with Crippen molar-refractivity contribution in [1.82, 2.24) is 0 Å². The van der Waals surface area contributed by atoms with Crippen molar-refractivity contribution in [3.8, 4) is 5.75 Å². The Hall–Kier alpha value is -2.29. The Bertz CT molecular complexity index is 702. The Morgan fingerprint density at radius 3 is 2.65 bits per heavy atom. The fourth-order valence-corrected chi connectivity index (χ4v) is 2.54. The van der Waals surface area contributed by atoms with Gasteiger partial charge in [0.25, 0.3) is 0 Å². The van der Waals surface area contributed by atoms with E-state index in [1.165, 1.54) is 12.3 Å². The van der Waals surface area contributed by atoms with Crippen molar-refractivity contribution in [3.05, 3.63) is 54.3 Å². The number of methoxy groups -OCH3 is 1. The van der Waals surface area contributed by atoms with Crippen LogP contribution in [0.25, 0.3) is 10.8 Å². The molecule has 20 heavy (non-hydrogen) atoms. The Labute approximate surface area is 117 Å². The van der Waals surface area contributed by atoms with Gasteiger partial charge in [-0.25, -0.2) is 0 Å². The molecule has 0 aromatic heterocycles. The smallest absolute Gasteiger partial charge is 0.163 e. The van der Waals surface area contributed by atoms with E-state index in [1.807, 2.05) is 37.3 Å². The highest BCUT2D eigenvalue weighted by atomic mass is 16.5. The molecule has 1 atom stereocenters. The predicted molar refractivity (Wildman–Crippen MR) is 77.7 cm³/mol. The quantitative estimate of drug-likeness (QED) is 0.835. The van der Waals surface area contributed by atoms with Crippen molar-refractivity contribution in [3.63, 3.8) is 0 Å². The van der Waals surface area contributed by atoms with Crippen LogP contribution in [0.5, 0.6) is 5.75 Å². The number of ether oxygens (including phenoxy) is 2. The molecule has 3 rings (SSSR count). The van der Waals surface area contributed by atoms with Crippen molar-refractivity contribution in [2.75, 3.05) is 7.11 Å². The van der Waals surface area contributed by atoms with E-state index in [2.05, 4.69) is 6.07 Å². The third kappa shape index (κ3) is 2.16. The number of allylic oxidation sites excluding steroid dienone is 1. The SMILES string of the molecule is COc1ccc2cc(C3(C)CC(=O)C=CO3)ccc2c1. The van der Waals surface area contributed by atoms with E-state index < -0.39 is 5.60 Å². The summed E-state index contributed by atoms with van der Waals surface area (Å²) in [6, 6.07) is 12.1. The molecule has 0 aliphatic carbocycles. The second-order valence-corrected chi connectivity index (χ2v) is 5.22. The minimum atomic E-state index is -0.583. The van der Waals surface area contributed by atoms with Gasteiger partial charge in [-0.2, -0.15) is 0 Å². The van der Waals surface area contributed by atoms with Crippen LogP contribution in [0.1, 0.15) is 18.9 Å². The summed E-state index contributed by atoms with van der Waals surface area (Å²) in [5, 5.41) is 2.21. The van der Waals surface area contributed by atoms with Gasteiger partial charge in [0.05, 0.1) is 19.8 Å². The first kappa shape index (κ1) is 12.7. The molecule has 1 unspecified atom stereocenters. The molecule has 0 saturated heterocycles. The maximum Gasteiger partial charge on any atom is 0.163 e. The van der Waals surface area contributed by atoms with Gasteiger partial charge in [-0.05, 0) is 41.5 Å². The molecule has 1 aliphatic rings. The van der Waals surface area contributed by atoms with Crippen LogP contribution in [0.4, 0.5) is 0 Å². The van der Waals surface area contributed by atoms with Gasteiger partial charge in [0.1, 0.15) is 11.4 Å². The lowest BCUT2D eigenvalue weighted by Crippen LogP contribution is -2.29. The van der Waals surface area contributed by atoms with Crippen LogP contribution < -0.4 is 4.74 Å². The lowest BCUT2D eigenvalue weighted by atomic mass is 9.88. The summed E-state index contributed by atoms with van der Waals surface area (Å²) >= 11 is 0. The number of rotatable bonds is 2. The number of carbonyl (C=O) groups excluding carboxylic acids is 1. The number of hydrogen-bond donors (Lipinski definition) is 0. The lowest BCUT2D eigenvalue weighted by Gasteiger charge is -2.31. The van der Waals surface area contributed by atoms with Crippen LogP contribution in [0.15, 0.2) is 48.7 Å². The van der Waals surface area contributed by atoms with E-state index in [0.717, 1.165) is 22.1 Å². The van der Waals surface area contributed by atoms with Crippen LogP contribution in [0.2, 0.25) is 0 Å². The second-order valence-electron chi connectivity index (χ2n) is 5.22. The van der Waals surface area contributed by atoms with Crippen LogP contribution >= 0.6 is 0 Å². The fraction of sp³-hybridized carbons (Fsp3) is 0.235. The Morgan fingerprint density at radius 1 is 1.15 bits per heavy atom.